The molecule has 1 fully saturated rings. The van der Waals surface area contributed by atoms with Gasteiger partial charge in [0, 0.05) is 24.7 Å². The molecule has 0 radical (unpaired) electrons. The molecule has 0 saturated heterocycles. The standard InChI is InChI=1S/C12H17N3O5S/c1-20-11-5-4-9(15(16)17)6-12(11)21(18,19)14-10(7-13)8-2-3-8/h4-6,8,10,14H,2-3,7,13H2,1H3. The minimum Gasteiger partial charge on any atom is -0.495 e. The van der Waals surface area contributed by atoms with Crippen LogP contribution in [0.15, 0.2) is 23.1 Å². The van der Waals surface area contributed by atoms with Gasteiger partial charge < -0.3 is 10.5 Å². The van der Waals surface area contributed by atoms with Crippen molar-refractivity contribution in [3.63, 3.8) is 0 Å². The number of non-ortho nitro benzene ring substituents is 1. The average Bonchev–Trinajstić information content (AvgIpc) is 3.28. The average molecular weight is 315 g/mol. The summed E-state index contributed by atoms with van der Waals surface area (Å²) in [6, 6.07) is 3.08. The Morgan fingerprint density at radius 3 is 2.67 bits per heavy atom. The molecule has 0 aromatic heterocycles. The summed E-state index contributed by atoms with van der Waals surface area (Å²) in [6.07, 6.45) is 1.85. The zero-order valence-corrected chi connectivity index (χ0v) is 12.3. The van der Waals surface area contributed by atoms with Gasteiger partial charge in [-0.3, -0.25) is 10.1 Å². The minimum absolute atomic E-state index is 0.0552. The van der Waals surface area contributed by atoms with E-state index in [2.05, 4.69) is 4.72 Å². The largest absolute Gasteiger partial charge is 0.495 e. The van der Waals surface area contributed by atoms with Gasteiger partial charge >= 0.3 is 0 Å². The molecule has 9 heteroatoms. The van der Waals surface area contributed by atoms with Gasteiger partial charge in [0.1, 0.15) is 10.6 Å². The number of rotatable bonds is 7. The maximum absolute atomic E-state index is 12.4. The van der Waals surface area contributed by atoms with E-state index in [4.69, 9.17) is 10.5 Å². The molecule has 3 N–H and O–H groups in total. The number of nitro benzene ring substituents is 1. The molecule has 8 nitrogen and oxygen atoms in total. The molecule has 1 unspecified atom stereocenters. The van der Waals surface area contributed by atoms with Gasteiger partial charge in [0.25, 0.3) is 5.69 Å². The van der Waals surface area contributed by atoms with Crippen LogP contribution in [0.5, 0.6) is 5.75 Å². The van der Waals surface area contributed by atoms with Gasteiger partial charge in [0.15, 0.2) is 0 Å². The molecule has 0 amide bonds. The predicted octanol–water partition coefficient (Wildman–Crippen LogP) is 0.619. The quantitative estimate of drug-likeness (QED) is 0.561. The number of nitrogens with two attached hydrogens (primary N) is 1. The van der Waals surface area contributed by atoms with E-state index in [1.54, 1.807) is 0 Å². The van der Waals surface area contributed by atoms with Gasteiger partial charge in [-0.2, -0.15) is 0 Å². The first kappa shape index (κ1) is 15.7. The highest BCUT2D eigenvalue weighted by Crippen LogP contribution is 2.34. The van der Waals surface area contributed by atoms with Crippen molar-refractivity contribution >= 4 is 15.7 Å². The Balaban J connectivity index is 2.37. The summed E-state index contributed by atoms with van der Waals surface area (Å²) in [4.78, 5) is 9.90. The number of benzene rings is 1. The summed E-state index contributed by atoms with van der Waals surface area (Å²) in [6.45, 7) is 0.182. The van der Waals surface area contributed by atoms with Crippen molar-refractivity contribution in [1.82, 2.24) is 4.72 Å². The van der Waals surface area contributed by atoms with Crippen LogP contribution in [0, 0.1) is 16.0 Å². The summed E-state index contributed by atoms with van der Waals surface area (Å²) in [5.74, 6) is 0.286. The summed E-state index contributed by atoms with van der Waals surface area (Å²) in [7, 11) is -2.63. The van der Waals surface area contributed by atoms with Crippen LogP contribution >= 0.6 is 0 Å². The molecule has 0 spiro atoms. The van der Waals surface area contributed by atoms with Crippen LogP contribution in [0.4, 0.5) is 5.69 Å². The number of hydrogen-bond acceptors (Lipinski definition) is 6. The molecule has 0 bridgehead atoms. The Morgan fingerprint density at radius 1 is 1.52 bits per heavy atom. The second-order valence-corrected chi connectivity index (χ2v) is 6.58. The lowest BCUT2D eigenvalue weighted by Crippen LogP contribution is -2.41. The second-order valence-electron chi connectivity index (χ2n) is 4.89. The van der Waals surface area contributed by atoms with E-state index >= 15 is 0 Å². The Kier molecular flexibility index (Phi) is 4.45. The smallest absolute Gasteiger partial charge is 0.271 e. The van der Waals surface area contributed by atoms with Gasteiger partial charge in [0.2, 0.25) is 10.0 Å². The highest BCUT2D eigenvalue weighted by atomic mass is 32.2. The molecule has 0 heterocycles. The first-order valence-electron chi connectivity index (χ1n) is 6.44. The van der Waals surface area contributed by atoms with Crippen LogP contribution in [0.3, 0.4) is 0 Å². The number of nitro groups is 1. The Hall–Kier alpha value is -1.71. The Bertz CT molecular complexity index is 642. The zero-order chi connectivity index (χ0) is 15.6. The fraction of sp³-hybridized carbons (Fsp3) is 0.500. The molecule has 1 aliphatic carbocycles. The highest BCUT2D eigenvalue weighted by Gasteiger charge is 2.34. The maximum Gasteiger partial charge on any atom is 0.271 e. The number of sulfonamides is 1. The fourth-order valence-electron chi connectivity index (χ4n) is 2.09. The summed E-state index contributed by atoms with van der Waals surface area (Å²) in [5, 5.41) is 10.8. The highest BCUT2D eigenvalue weighted by molar-refractivity contribution is 7.89. The summed E-state index contributed by atoms with van der Waals surface area (Å²) < 4.78 is 32.3. The third-order valence-corrected chi connectivity index (χ3v) is 4.91. The van der Waals surface area contributed by atoms with Gasteiger partial charge in [-0.25, -0.2) is 13.1 Å². The Morgan fingerprint density at radius 2 is 2.19 bits per heavy atom. The van der Waals surface area contributed by atoms with Crippen molar-refractivity contribution in [3.05, 3.63) is 28.3 Å². The van der Waals surface area contributed by atoms with Crippen molar-refractivity contribution in [2.75, 3.05) is 13.7 Å². The molecule has 1 aromatic rings. The van der Waals surface area contributed by atoms with Crippen molar-refractivity contribution in [3.8, 4) is 5.75 Å². The second kappa shape index (κ2) is 5.96. The lowest BCUT2D eigenvalue weighted by Gasteiger charge is -2.17. The zero-order valence-electron chi connectivity index (χ0n) is 11.5. The third-order valence-electron chi connectivity index (χ3n) is 3.40. The van der Waals surface area contributed by atoms with Crippen LogP contribution in [0.2, 0.25) is 0 Å². The van der Waals surface area contributed by atoms with Crippen molar-refractivity contribution in [2.45, 2.75) is 23.8 Å². The van der Waals surface area contributed by atoms with Gasteiger partial charge in [-0.05, 0) is 24.8 Å². The van der Waals surface area contributed by atoms with Crippen molar-refractivity contribution in [1.29, 1.82) is 0 Å². The normalized spacial score (nSPS) is 16.5. The van der Waals surface area contributed by atoms with E-state index in [0.717, 1.165) is 18.9 Å². The van der Waals surface area contributed by atoms with Gasteiger partial charge in [-0.15, -0.1) is 0 Å². The molecular weight excluding hydrogens is 298 g/mol. The number of nitrogens with zero attached hydrogens (tertiary/aromatic N) is 1. The Labute approximate surface area is 122 Å². The van der Waals surface area contributed by atoms with Gasteiger partial charge in [-0.1, -0.05) is 0 Å². The first-order valence-corrected chi connectivity index (χ1v) is 7.92. The molecule has 21 heavy (non-hydrogen) atoms. The van der Waals surface area contributed by atoms with Crippen molar-refractivity contribution < 1.29 is 18.1 Å². The lowest BCUT2D eigenvalue weighted by molar-refractivity contribution is -0.385. The van der Waals surface area contributed by atoms with E-state index in [9.17, 15) is 18.5 Å². The number of hydrogen-bond donors (Lipinski definition) is 2. The SMILES string of the molecule is COc1ccc([N+](=O)[O-])cc1S(=O)(=O)NC(CN)C1CC1. The third kappa shape index (κ3) is 3.49. The van der Waals surface area contributed by atoms with E-state index < -0.39 is 14.9 Å². The minimum atomic E-state index is -3.93. The molecular formula is C12H17N3O5S. The summed E-state index contributed by atoms with van der Waals surface area (Å²) >= 11 is 0. The van der Waals surface area contributed by atoms with Crippen LogP contribution in [0.1, 0.15) is 12.8 Å². The summed E-state index contributed by atoms with van der Waals surface area (Å²) in [5.41, 5.74) is 5.27. The molecule has 1 saturated carbocycles. The van der Waals surface area contributed by atoms with Crippen LogP contribution < -0.4 is 15.2 Å². The topological polar surface area (TPSA) is 125 Å². The van der Waals surface area contributed by atoms with Crippen LogP contribution in [0.25, 0.3) is 0 Å². The fourth-order valence-corrected chi connectivity index (χ4v) is 3.59. The molecule has 1 atom stereocenters. The molecule has 1 aromatic carbocycles. The predicted molar refractivity (Wildman–Crippen MR) is 75.5 cm³/mol. The number of ether oxygens (including phenoxy) is 1. The van der Waals surface area contributed by atoms with E-state index in [1.807, 2.05) is 0 Å². The maximum atomic E-state index is 12.4. The monoisotopic (exact) mass is 315 g/mol. The first-order chi connectivity index (χ1) is 9.89. The van der Waals surface area contributed by atoms with E-state index in [-0.39, 0.29) is 34.8 Å². The van der Waals surface area contributed by atoms with Crippen molar-refractivity contribution in [2.24, 2.45) is 11.7 Å². The molecule has 1 aliphatic rings. The molecule has 0 aliphatic heterocycles. The van der Waals surface area contributed by atoms with Gasteiger partial charge in [0.05, 0.1) is 12.0 Å². The molecule has 116 valence electrons. The van der Waals surface area contributed by atoms with Crippen LogP contribution in [-0.2, 0) is 10.0 Å². The number of methoxy groups -OCH3 is 1. The molecule has 2 rings (SSSR count). The van der Waals surface area contributed by atoms with E-state index in [0.29, 0.717) is 0 Å². The van der Waals surface area contributed by atoms with E-state index in [1.165, 1.54) is 19.2 Å². The lowest BCUT2D eigenvalue weighted by atomic mass is 10.2. The number of nitrogens with one attached hydrogen (secondary N) is 1. The van der Waals surface area contributed by atoms with Crippen LogP contribution in [-0.4, -0.2) is 33.0 Å².